The second-order valence-electron chi connectivity index (χ2n) is 6.77. The van der Waals surface area contributed by atoms with E-state index in [-0.39, 0.29) is 5.91 Å². The summed E-state index contributed by atoms with van der Waals surface area (Å²) in [5, 5.41) is 4.30. The van der Waals surface area contributed by atoms with Gasteiger partial charge in [0.25, 0.3) is 0 Å². The first-order chi connectivity index (χ1) is 11.5. The Labute approximate surface area is 152 Å². The molecule has 2 aromatic rings. The van der Waals surface area contributed by atoms with Crippen LogP contribution in [0.2, 0.25) is 0 Å². The molecule has 1 unspecified atom stereocenters. The smallest absolute Gasteiger partial charge is 0.230 e. The maximum atomic E-state index is 12.3. The van der Waals surface area contributed by atoms with Crippen molar-refractivity contribution in [2.24, 2.45) is 5.92 Å². The molecule has 0 bridgehead atoms. The average Bonchev–Trinajstić information content (AvgIpc) is 2.89. The Hall–Kier alpha value is -1.33. The average molecular weight is 361 g/mol. The number of hydrogen-bond acceptors (Lipinski definition) is 4. The van der Waals surface area contributed by atoms with Crippen molar-refractivity contribution in [3.05, 3.63) is 40.4 Å². The Morgan fingerprint density at radius 3 is 2.83 bits per heavy atom. The van der Waals surface area contributed by atoms with E-state index in [4.69, 9.17) is 0 Å². The van der Waals surface area contributed by atoms with E-state index < -0.39 is 0 Å². The van der Waals surface area contributed by atoms with Gasteiger partial charge in [0, 0.05) is 15.0 Å². The number of carbonyl (C=O) groups excluding carboxylic acids is 1. The minimum Gasteiger partial charge on any atom is -0.302 e. The van der Waals surface area contributed by atoms with E-state index >= 15 is 0 Å². The number of anilines is 1. The van der Waals surface area contributed by atoms with Crippen LogP contribution >= 0.6 is 23.1 Å². The van der Waals surface area contributed by atoms with Crippen LogP contribution in [-0.2, 0) is 24.1 Å². The van der Waals surface area contributed by atoms with E-state index in [2.05, 4.69) is 43.2 Å². The quantitative estimate of drug-likeness (QED) is 0.767. The highest BCUT2D eigenvalue weighted by Crippen LogP contribution is 2.32. The predicted molar refractivity (Wildman–Crippen MR) is 103 cm³/mol. The van der Waals surface area contributed by atoms with Crippen molar-refractivity contribution in [1.29, 1.82) is 0 Å². The molecular weight excluding hydrogens is 336 g/mol. The van der Waals surface area contributed by atoms with Gasteiger partial charge < -0.3 is 5.32 Å². The molecule has 1 aromatic heterocycles. The summed E-state index contributed by atoms with van der Waals surface area (Å²) in [6.07, 6.45) is 3.73. The van der Waals surface area contributed by atoms with Gasteiger partial charge >= 0.3 is 0 Å². The fourth-order valence-electron chi connectivity index (χ4n) is 2.90. The zero-order valence-corrected chi connectivity index (χ0v) is 16.1. The molecule has 128 valence electrons. The Morgan fingerprint density at radius 1 is 1.38 bits per heavy atom. The molecular formula is C19H24N2OS2. The van der Waals surface area contributed by atoms with E-state index in [0.29, 0.717) is 11.7 Å². The lowest BCUT2D eigenvalue weighted by atomic mass is 9.93. The van der Waals surface area contributed by atoms with E-state index in [9.17, 15) is 4.79 Å². The second-order valence-corrected chi connectivity index (χ2v) is 9.51. The molecule has 0 saturated heterocycles. The van der Waals surface area contributed by atoms with E-state index in [0.717, 1.165) is 29.5 Å². The van der Waals surface area contributed by atoms with E-state index in [1.807, 2.05) is 23.9 Å². The van der Waals surface area contributed by atoms with Crippen molar-refractivity contribution in [3.63, 3.8) is 0 Å². The molecule has 1 aliphatic rings. The third-order valence-corrected chi connectivity index (χ3v) is 6.14. The number of nitrogens with one attached hydrogen (secondary N) is 1. The summed E-state index contributed by atoms with van der Waals surface area (Å²) in [6, 6.07) is 8.27. The Balaban J connectivity index is 1.58. The van der Waals surface area contributed by atoms with Crippen molar-refractivity contribution < 1.29 is 4.79 Å². The van der Waals surface area contributed by atoms with Crippen molar-refractivity contribution in [2.45, 2.75) is 56.6 Å². The Bertz CT molecular complexity index is 707. The van der Waals surface area contributed by atoms with Gasteiger partial charge in [-0.15, -0.1) is 23.1 Å². The third kappa shape index (κ3) is 4.61. The topological polar surface area (TPSA) is 42.0 Å². The molecule has 0 fully saturated rings. The summed E-state index contributed by atoms with van der Waals surface area (Å²) in [7, 11) is 0. The first kappa shape index (κ1) is 17.5. The number of benzene rings is 1. The van der Waals surface area contributed by atoms with Gasteiger partial charge in [-0.25, -0.2) is 4.98 Å². The Kier molecular flexibility index (Phi) is 5.61. The van der Waals surface area contributed by atoms with Crippen LogP contribution in [0.15, 0.2) is 29.2 Å². The molecule has 1 atom stereocenters. The van der Waals surface area contributed by atoms with Gasteiger partial charge in [0.2, 0.25) is 5.91 Å². The molecule has 1 amide bonds. The highest BCUT2D eigenvalue weighted by Gasteiger charge is 2.20. The maximum Gasteiger partial charge on any atom is 0.230 e. The molecule has 1 heterocycles. The molecule has 1 N–H and O–H groups in total. The molecule has 5 heteroatoms. The lowest BCUT2D eigenvalue weighted by Crippen LogP contribution is -2.14. The summed E-state index contributed by atoms with van der Waals surface area (Å²) in [4.78, 5) is 19.5. The van der Waals surface area contributed by atoms with Crippen LogP contribution in [0.3, 0.4) is 0 Å². The fraction of sp³-hybridized carbons (Fsp3) is 0.474. The third-order valence-electron chi connectivity index (χ3n) is 4.09. The van der Waals surface area contributed by atoms with Crippen LogP contribution in [0.4, 0.5) is 5.13 Å². The van der Waals surface area contributed by atoms with Gasteiger partial charge in [-0.3, -0.25) is 4.79 Å². The van der Waals surface area contributed by atoms with Crippen molar-refractivity contribution >= 4 is 34.1 Å². The van der Waals surface area contributed by atoms with Crippen molar-refractivity contribution in [2.75, 3.05) is 5.32 Å². The standard InChI is InChI=1S/C19H24N2OS2/c1-12(2)23-15-7-5-14(6-8-15)11-18(22)21-19-20-16-9-4-13(3)10-17(16)24-19/h5-8,12-13H,4,9-11H2,1-3H3,(H,20,21,22). The summed E-state index contributed by atoms with van der Waals surface area (Å²) in [5.41, 5.74) is 2.22. The molecule has 0 saturated carbocycles. The van der Waals surface area contributed by atoms with Gasteiger partial charge in [-0.1, -0.05) is 32.9 Å². The number of nitrogens with zero attached hydrogens (tertiary/aromatic N) is 1. The zero-order chi connectivity index (χ0) is 17.1. The number of rotatable bonds is 5. The number of carbonyl (C=O) groups is 1. The van der Waals surface area contributed by atoms with Crippen LogP contribution in [0.5, 0.6) is 0 Å². The monoisotopic (exact) mass is 360 g/mol. The van der Waals surface area contributed by atoms with Gasteiger partial charge in [-0.2, -0.15) is 0 Å². The van der Waals surface area contributed by atoms with Gasteiger partial charge in [0.05, 0.1) is 12.1 Å². The summed E-state index contributed by atoms with van der Waals surface area (Å²) in [5.74, 6) is 0.738. The van der Waals surface area contributed by atoms with Gasteiger partial charge in [0.15, 0.2) is 5.13 Å². The SMILES string of the molecule is CC1CCc2nc(NC(=O)Cc3ccc(SC(C)C)cc3)sc2C1. The number of hydrogen-bond donors (Lipinski definition) is 1. The van der Waals surface area contributed by atoms with Gasteiger partial charge in [-0.05, 0) is 42.9 Å². The van der Waals surface area contributed by atoms with Crippen LogP contribution < -0.4 is 5.32 Å². The van der Waals surface area contributed by atoms with Crippen LogP contribution in [0.25, 0.3) is 0 Å². The lowest BCUT2D eigenvalue weighted by Gasteiger charge is -2.15. The molecule has 3 nitrogen and oxygen atoms in total. The van der Waals surface area contributed by atoms with Crippen LogP contribution in [0.1, 0.15) is 43.3 Å². The zero-order valence-electron chi connectivity index (χ0n) is 14.5. The summed E-state index contributed by atoms with van der Waals surface area (Å²) in [6.45, 7) is 6.64. The first-order valence-electron chi connectivity index (χ1n) is 8.53. The number of fused-ring (bicyclic) bond motifs is 1. The first-order valence-corrected chi connectivity index (χ1v) is 10.2. The second kappa shape index (κ2) is 7.70. The number of aryl methyl sites for hydroxylation is 1. The Morgan fingerprint density at radius 2 is 2.12 bits per heavy atom. The number of aromatic nitrogens is 1. The molecule has 0 radical (unpaired) electrons. The fourth-order valence-corrected chi connectivity index (χ4v) is 4.93. The largest absolute Gasteiger partial charge is 0.302 e. The van der Waals surface area contributed by atoms with Crippen LogP contribution in [-0.4, -0.2) is 16.1 Å². The molecule has 1 aliphatic carbocycles. The minimum atomic E-state index is 0.0124. The molecule has 0 spiro atoms. The van der Waals surface area contributed by atoms with Crippen LogP contribution in [0, 0.1) is 5.92 Å². The molecule has 24 heavy (non-hydrogen) atoms. The van der Waals surface area contributed by atoms with E-state index in [1.54, 1.807) is 11.3 Å². The molecule has 1 aromatic carbocycles. The predicted octanol–water partition coefficient (Wildman–Crippen LogP) is 4.95. The summed E-state index contributed by atoms with van der Waals surface area (Å²) >= 11 is 3.48. The lowest BCUT2D eigenvalue weighted by molar-refractivity contribution is -0.115. The highest BCUT2D eigenvalue weighted by atomic mass is 32.2. The maximum absolute atomic E-state index is 12.3. The highest BCUT2D eigenvalue weighted by molar-refractivity contribution is 7.99. The molecule has 0 aliphatic heterocycles. The normalized spacial score (nSPS) is 16.9. The number of thiazole rings is 1. The summed E-state index contributed by atoms with van der Waals surface area (Å²) < 4.78 is 0. The molecule has 3 rings (SSSR count). The number of thioether (sulfide) groups is 1. The van der Waals surface area contributed by atoms with E-state index in [1.165, 1.54) is 21.9 Å². The van der Waals surface area contributed by atoms with Gasteiger partial charge in [0.1, 0.15) is 0 Å². The minimum absolute atomic E-state index is 0.0124. The van der Waals surface area contributed by atoms with Crippen molar-refractivity contribution in [3.8, 4) is 0 Å². The van der Waals surface area contributed by atoms with Crippen molar-refractivity contribution in [1.82, 2.24) is 4.98 Å². The number of amides is 1.